The zero-order valence-corrected chi connectivity index (χ0v) is 8.12. The molecule has 4 nitrogen and oxygen atoms in total. The van der Waals surface area contributed by atoms with Gasteiger partial charge in [-0.05, 0) is 12.3 Å². The van der Waals surface area contributed by atoms with E-state index in [1.54, 1.807) is 4.90 Å². The number of nitrogens with zero attached hydrogens (tertiary/aromatic N) is 1. The third-order valence-corrected chi connectivity index (χ3v) is 2.30. The molecule has 74 valence electrons. The second-order valence-corrected chi connectivity index (χ2v) is 3.65. The van der Waals surface area contributed by atoms with E-state index < -0.39 is 0 Å². The van der Waals surface area contributed by atoms with Crippen molar-refractivity contribution in [3.05, 3.63) is 0 Å². The summed E-state index contributed by atoms with van der Waals surface area (Å²) in [4.78, 5) is 23.7. The van der Waals surface area contributed by atoms with Crippen molar-refractivity contribution < 1.29 is 9.59 Å². The first-order valence-electron chi connectivity index (χ1n) is 4.66. The fraction of sp³-hybridized carbons (Fsp3) is 0.778. The summed E-state index contributed by atoms with van der Waals surface area (Å²) < 4.78 is 0. The number of hydrogen-bond donors (Lipinski definition) is 1. The first-order chi connectivity index (χ1) is 6.16. The highest BCUT2D eigenvalue weighted by Crippen LogP contribution is 2.11. The number of hydrogen-bond acceptors (Lipinski definition) is 2. The molecule has 1 rings (SSSR count). The van der Waals surface area contributed by atoms with E-state index in [0.29, 0.717) is 6.54 Å². The summed E-state index contributed by atoms with van der Waals surface area (Å²) in [5.41, 5.74) is 0. The van der Waals surface area contributed by atoms with Gasteiger partial charge in [-0.2, -0.15) is 0 Å². The number of nitrogens with one attached hydrogen (secondary N) is 1. The molecule has 1 N–H and O–H groups in total. The number of carbonyl (C=O) groups excluding carboxylic acids is 2. The number of carbonyl (C=O) groups is 2. The van der Waals surface area contributed by atoms with E-state index in [0.717, 1.165) is 19.3 Å². The smallest absolute Gasteiger partial charge is 0.318 e. The molecule has 0 radical (unpaired) electrons. The maximum atomic E-state index is 11.4. The molecule has 1 aliphatic heterocycles. The van der Waals surface area contributed by atoms with Gasteiger partial charge >= 0.3 is 6.03 Å². The molecular formula is C9H16N2O2. The van der Waals surface area contributed by atoms with Crippen LogP contribution in [0.25, 0.3) is 0 Å². The number of amides is 2. The first kappa shape index (κ1) is 10.0. The van der Waals surface area contributed by atoms with Crippen LogP contribution in [-0.2, 0) is 4.79 Å². The summed E-state index contributed by atoms with van der Waals surface area (Å²) in [5, 5.41) is 2.73. The van der Waals surface area contributed by atoms with E-state index in [2.05, 4.69) is 5.32 Å². The van der Waals surface area contributed by atoms with Gasteiger partial charge in [-0.25, -0.2) is 4.79 Å². The summed E-state index contributed by atoms with van der Waals surface area (Å²) in [7, 11) is 0. The Balaban J connectivity index is 2.65. The Bertz CT molecular complexity index is 204. The monoisotopic (exact) mass is 184 g/mol. The second-order valence-electron chi connectivity index (χ2n) is 3.65. The zero-order valence-electron chi connectivity index (χ0n) is 8.12. The van der Waals surface area contributed by atoms with Gasteiger partial charge in [0.25, 0.3) is 0 Å². The maximum Gasteiger partial charge on any atom is 0.318 e. The molecule has 1 fully saturated rings. The van der Waals surface area contributed by atoms with Crippen LogP contribution in [-0.4, -0.2) is 36.3 Å². The third kappa shape index (κ3) is 2.20. The van der Waals surface area contributed by atoms with Crippen LogP contribution in [0.3, 0.4) is 0 Å². The van der Waals surface area contributed by atoms with Crippen LogP contribution in [0.2, 0.25) is 0 Å². The Morgan fingerprint density at radius 3 is 2.69 bits per heavy atom. The minimum atomic E-state index is -0.278. The lowest BCUT2D eigenvalue weighted by Gasteiger charge is -2.33. The molecule has 1 heterocycles. The van der Waals surface area contributed by atoms with Crippen molar-refractivity contribution in [3.8, 4) is 0 Å². The Kier molecular flexibility index (Phi) is 3.28. The Morgan fingerprint density at radius 2 is 2.23 bits per heavy atom. The van der Waals surface area contributed by atoms with Crippen LogP contribution in [0.5, 0.6) is 0 Å². The lowest BCUT2D eigenvalue weighted by Crippen LogP contribution is -2.53. The Morgan fingerprint density at radius 1 is 1.54 bits per heavy atom. The molecule has 0 aromatic carbocycles. The van der Waals surface area contributed by atoms with Gasteiger partial charge in [0.2, 0.25) is 0 Å². The highest BCUT2D eigenvalue weighted by Gasteiger charge is 2.27. The average molecular weight is 184 g/mol. The lowest BCUT2D eigenvalue weighted by molar-refractivity contribution is -0.113. The van der Waals surface area contributed by atoms with Crippen molar-refractivity contribution in [1.29, 1.82) is 0 Å². The standard InChI is InChI=1S/C9H16N2O2/c1-7(2)8(6-12)11-5-3-4-10-9(11)13/h6-8H,3-5H2,1-2H3,(H,10,13). The van der Waals surface area contributed by atoms with Crippen molar-refractivity contribution in [3.63, 3.8) is 0 Å². The highest BCUT2D eigenvalue weighted by atomic mass is 16.2. The first-order valence-corrected chi connectivity index (χ1v) is 4.66. The quantitative estimate of drug-likeness (QED) is 0.654. The molecule has 0 saturated carbocycles. The van der Waals surface area contributed by atoms with Gasteiger partial charge < -0.3 is 15.0 Å². The van der Waals surface area contributed by atoms with Crippen LogP contribution < -0.4 is 5.32 Å². The number of aldehydes is 1. The minimum absolute atomic E-state index is 0.114. The third-order valence-electron chi connectivity index (χ3n) is 2.30. The van der Waals surface area contributed by atoms with E-state index >= 15 is 0 Å². The SMILES string of the molecule is CC(C)C(C=O)N1CCCNC1=O. The predicted molar refractivity (Wildman–Crippen MR) is 49.4 cm³/mol. The molecule has 0 bridgehead atoms. The van der Waals surface area contributed by atoms with Crippen molar-refractivity contribution in [1.82, 2.24) is 10.2 Å². The molecule has 1 saturated heterocycles. The van der Waals surface area contributed by atoms with E-state index in [-0.39, 0.29) is 18.0 Å². The van der Waals surface area contributed by atoms with Crippen LogP contribution in [0.1, 0.15) is 20.3 Å². The lowest BCUT2D eigenvalue weighted by atomic mass is 10.0. The van der Waals surface area contributed by atoms with Gasteiger partial charge in [0, 0.05) is 13.1 Å². The maximum absolute atomic E-state index is 11.4. The summed E-state index contributed by atoms with van der Waals surface area (Å²) in [6.07, 6.45) is 1.78. The zero-order chi connectivity index (χ0) is 9.84. The van der Waals surface area contributed by atoms with E-state index in [1.807, 2.05) is 13.8 Å². The average Bonchev–Trinajstić information content (AvgIpc) is 2.09. The molecule has 0 aromatic rings. The van der Waals surface area contributed by atoms with Gasteiger partial charge in [0.05, 0.1) is 6.04 Å². The fourth-order valence-corrected chi connectivity index (χ4v) is 1.52. The molecule has 1 unspecified atom stereocenters. The normalized spacial score (nSPS) is 19.9. The van der Waals surface area contributed by atoms with E-state index in [4.69, 9.17) is 0 Å². The summed E-state index contributed by atoms with van der Waals surface area (Å²) >= 11 is 0. The molecule has 0 aromatic heterocycles. The van der Waals surface area contributed by atoms with Crippen LogP contribution >= 0.6 is 0 Å². The summed E-state index contributed by atoms with van der Waals surface area (Å²) in [5.74, 6) is 0.182. The van der Waals surface area contributed by atoms with Gasteiger partial charge in [-0.1, -0.05) is 13.8 Å². The molecule has 4 heteroatoms. The van der Waals surface area contributed by atoms with Crippen molar-refractivity contribution in [2.45, 2.75) is 26.3 Å². The van der Waals surface area contributed by atoms with Crippen LogP contribution in [0.15, 0.2) is 0 Å². The topological polar surface area (TPSA) is 49.4 Å². The van der Waals surface area contributed by atoms with Gasteiger partial charge in [-0.15, -0.1) is 0 Å². The van der Waals surface area contributed by atoms with Crippen LogP contribution in [0, 0.1) is 5.92 Å². The second kappa shape index (κ2) is 4.25. The Labute approximate surface area is 78.3 Å². The molecule has 13 heavy (non-hydrogen) atoms. The molecular weight excluding hydrogens is 168 g/mol. The Hall–Kier alpha value is -1.06. The molecule has 1 atom stereocenters. The van der Waals surface area contributed by atoms with Gasteiger partial charge in [0.15, 0.2) is 0 Å². The molecule has 2 amide bonds. The summed E-state index contributed by atoms with van der Waals surface area (Å²) in [6, 6.07) is -0.391. The largest absolute Gasteiger partial charge is 0.338 e. The van der Waals surface area contributed by atoms with Crippen molar-refractivity contribution in [2.75, 3.05) is 13.1 Å². The van der Waals surface area contributed by atoms with Gasteiger partial charge in [0.1, 0.15) is 6.29 Å². The number of urea groups is 1. The van der Waals surface area contributed by atoms with Crippen LogP contribution in [0.4, 0.5) is 4.79 Å². The van der Waals surface area contributed by atoms with E-state index in [9.17, 15) is 9.59 Å². The van der Waals surface area contributed by atoms with E-state index in [1.165, 1.54) is 0 Å². The fourth-order valence-electron chi connectivity index (χ4n) is 1.52. The van der Waals surface area contributed by atoms with Crippen molar-refractivity contribution >= 4 is 12.3 Å². The highest BCUT2D eigenvalue weighted by molar-refractivity contribution is 5.78. The minimum Gasteiger partial charge on any atom is -0.338 e. The van der Waals surface area contributed by atoms with Crippen molar-refractivity contribution in [2.24, 2.45) is 5.92 Å². The van der Waals surface area contributed by atoms with Gasteiger partial charge in [-0.3, -0.25) is 0 Å². The predicted octanol–water partition coefficient (Wildman–Crippen LogP) is 0.625. The molecule has 0 aliphatic carbocycles. The summed E-state index contributed by atoms with van der Waals surface area (Å²) in [6.45, 7) is 5.30. The molecule has 1 aliphatic rings. The molecule has 0 spiro atoms. The number of rotatable bonds is 3.